The number of benzene rings is 2. The number of fused-ring (bicyclic) bond motifs is 1. The Morgan fingerprint density at radius 1 is 1.10 bits per heavy atom. The molecule has 0 aromatic heterocycles. The van der Waals surface area contributed by atoms with Gasteiger partial charge in [-0.2, -0.15) is 4.31 Å². The van der Waals surface area contributed by atoms with Gasteiger partial charge in [-0.25, -0.2) is 8.42 Å². The van der Waals surface area contributed by atoms with E-state index in [1.807, 2.05) is 7.05 Å². The molecule has 1 saturated heterocycles. The van der Waals surface area contributed by atoms with Crippen molar-refractivity contribution >= 4 is 39.0 Å². The number of anilines is 1. The number of hydrogen-bond donors (Lipinski definition) is 1. The highest BCUT2D eigenvalue weighted by atomic mass is 35.5. The Balaban J connectivity index is 1.55. The lowest BCUT2D eigenvalue weighted by molar-refractivity contribution is -0.121. The van der Waals surface area contributed by atoms with Crippen molar-refractivity contribution in [1.29, 1.82) is 0 Å². The normalized spacial score (nSPS) is 17.7. The van der Waals surface area contributed by atoms with Gasteiger partial charge in [0.1, 0.15) is 17.3 Å². The molecule has 0 atom stereocenters. The van der Waals surface area contributed by atoms with Gasteiger partial charge in [-0.15, -0.1) is 0 Å². The number of ketones is 1. The number of piperazine rings is 1. The maximum Gasteiger partial charge on any atom is 0.255 e. The van der Waals surface area contributed by atoms with Crippen LogP contribution in [-0.2, 0) is 21.2 Å². The van der Waals surface area contributed by atoms with E-state index in [-0.39, 0.29) is 28.7 Å². The Bertz CT molecular complexity index is 1140. The number of carbonyl (C=O) groups is 2. The SMILES string of the molecule is CN1CCN(S(=O)(=O)c2cc(NC(=O)c3ccc4c(c3)CC(=O)CO4)ccc2Cl)CC1. The molecule has 0 saturated carbocycles. The molecule has 1 fully saturated rings. The van der Waals surface area contributed by atoms with Crippen LogP contribution in [0.5, 0.6) is 5.75 Å². The molecule has 0 unspecified atom stereocenters. The van der Waals surface area contributed by atoms with Crippen LogP contribution in [0.25, 0.3) is 0 Å². The number of halogens is 1. The molecule has 0 aliphatic carbocycles. The Kier molecular flexibility index (Phi) is 6.02. The molecule has 0 radical (unpaired) electrons. The highest BCUT2D eigenvalue weighted by Gasteiger charge is 2.29. The third kappa shape index (κ3) is 4.59. The summed E-state index contributed by atoms with van der Waals surface area (Å²) in [5.74, 6) is 0.107. The van der Waals surface area contributed by atoms with Crippen LogP contribution in [0.1, 0.15) is 15.9 Å². The first-order valence-electron chi connectivity index (χ1n) is 9.81. The van der Waals surface area contributed by atoms with Gasteiger partial charge in [-0.1, -0.05) is 11.6 Å². The molecule has 2 aromatic rings. The first-order chi connectivity index (χ1) is 14.7. The van der Waals surface area contributed by atoms with Gasteiger partial charge >= 0.3 is 0 Å². The van der Waals surface area contributed by atoms with Crippen molar-refractivity contribution in [2.45, 2.75) is 11.3 Å². The second-order valence-electron chi connectivity index (χ2n) is 7.63. The van der Waals surface area contributed by atoms with Gasteiger partial charge in [0.05, 0.1) is 5.02 Å². The molecule has 1 N–H and O–H groups in total. The summed E-state index contributed by atoms with van der Waals surface area (Å²) in [7, 11) is -1.85. The summed E-state index contributed by atoms with van der Waals surface area (Å²) in [5, 5.41) is 2.81. The number of ether oxygens (including phenoxy) is 1. The predicted octanol–water partition coefficient (Wildman–Crippen LogP) is 2.03. The molecule has 31 heavy (non-hydrogen) atoms. The van der Waals surface area contributed by atoms with Crippen molar-refractivity contribution in [1.82, 2.24) is 9.21 Å². The fourth-order valence-electron chi connectivity index (χ4n) is 3.57. The number of nitrogens with zero attached hydrogens (tertiary/aromatic N) is 2. The summed E-state index contributed by atoms with van der Waals surface area (Å²) in [6, 6.07) is 9.25. The largest absolute Gasteiger partial charge is 0.486 e. The van der Waals surface area contributed by atoms with Gasteiger partial charge in [0.25, 0.3) is 5.91 Å². The average Bonchev–Trinajstić information content (AvgIpc) is 2.74. The monoisotopic (exact) mass is 463 g/mol. The minimum atomic E-state index is -3.79. The zero-order chi connectivity index (χ0) is 22.2. The molecule has 2 heterocycles. The summed E-state index contributed by atoms with van der Waals surface area (Å²) >= 11 is 6.20. The van der Waals surface area contributed by atoms with Crippen LogP contribution < -0.4 is 10.1 Å². The van der Waals surface area contributed by atoms with Crippen LogP contribution in [0.2, 0.25) is 5.02 Å². The Morgan fingerprint density at radius 3 is 2.58 bits per heavy atom. The number of amides is 1. The van der Waals surface area contributed by atoms with Crippen LogP contribution in [0.3, 0.4) is 0 Å². The Labute approximate surface area is 185 Å². The highest BCUT2D eigenvalue weighted by molar-refractivity contribution is 7.89. The van der Waals surface area contributed by atoms with Crippen molar-refractivity contribution < 1.29 is 22.7 Å². The van der Waals surface area contributed by atoms with Gasteiger partial charge in [0, 0.05) is 49.4 Å². The Hall–Kier alpha value is -2.46. The standard InChI is InChI=1S/C21H22ClN3O5S/c1-24-6-8-25(9-7-24)31(28,29)20-12-16(3-4-18(20)22)23-21(27)14-2-5-19-15(10-14)11-17(26)13-30-19/h2-5,10,12H,6-9,11,13H2,1H3,(H,23,27). The van der Waals surface area contributed by atoms with Gasteiger partial charge in [0.15, 0.2) is 5.78 Å². The van der Waals surface area contributed by atoms with Crippen molar-refractivity contribution in [2.24, 2.45) is 0 Å². The molecule has 4 rings (SSSR count). The number of hydrogen-bond acceptors (Lipinski definition) is 6. The lowest BCUT2D eigenvalue weighted by Gasteiger charge is -2.31. The summed E-state index contributed by atoms with van der Waals surface area (Å²) in [6.07, 6.45) is 0.213. The molecule has 2 aliphatic rings. The lowest BCUT2D eigenvalue weighted by Crippen LogP contribution is -2.47. The molecule has 0 spiro atoms. The van der Waals surface area contributed by atoms with Crippen LogP contribution in [-0.4, -0.2) is 69.1 Å². The number of carbonyl (C=O) groups excluding carboxylic acids is 2. The minimum absolute atomic E-state index is 0.0356. The summed E-state index contributed by atoms with van der Waals surface area (Å²) in [6.45, 7) is 2.06. The maximum atomic E-state index is 13.1. The molecule has 1 amide bonds. The fraction of sp³-hybridized carbons (Fsp3) is 0.333. The highest BCUT2D eigenvalue weighted by Crippen LogP contribution is 2.29. The molecular formula is C21H22ClN3O5S. The Morgan fingerprint density at radius 2 is 1.84 bits per heavy atom. The van der Waals surface area contributed by atoms with Crippen molar-refractivity contribution in [3.8, 4) is 5.75 Å². The average molecular weight is 464 g/mol. The van der Waals surface area contributed by atoms with Crippen LogP contribution in [0.15, 0.2) is 41.3 Å². The molecular weight excluding hydrogens is 442 g/mol. The molecule has 2 aromatic carbocycles. The smallest absolute Gasteiger partial charge is 0.255 e. The molecule has 2 aliphatic heterocycles. The lowest BCUT2D eigenvalue weighted by atomic mass is 10.0. The second kappa shape index (κ2) is 8.58. The predicted molar refractivity (Wildman–Crippen MR) is 116 cm³/mol. The first-order valence-corrected chi connectivity index (χ1v) is 11.6. The molecule has 0 bridgehead atoms. The second-order valence-corrected chi connectivity index (χ2v) is 9.95. The van der Waals surface area contributed by atoms with E-state index in [1.165, 1.54) is 16.4 Å². The number of rotatable bonds is 4. The third-order valence-electron chi connectivity index (χ3n) is 5.37. The van der Waals surface area contributed by atoms with Crippen LogP contribution in [0, 0.1) is 0 Å². The molecule has 164 valence electrons. The third-order valence-corrected chi connectivity index (χ3v) is 7.75. The van der Waals surface area contributed by atoms with Crippen LogP contribution >= 0.6 is 11.6 Å². The fourth-order valence-corrected chi connectivity index (χ4v) is 5.49. The van der Waals surface area contributed by atoms with E-state index in [2.05, 4.69) is 10.2 Å². The van der Waals surface area contributed by atoms with Crippen molar-refractivity contribution in [3.05, 3.63) is 52.5 Å². The summed E-state index contributed by atoms with van der Waals surface area (Å²) in [4.78, 5) is 26.4. The first kappa shape index (κ1) is 21.8. The quantitative estimate of drug-likeness (QED) is 0.745. The van der Waals surface area contributed by atoms with E-state index in [0.717, 1.165) is 0 Å². The number of sulfonamides is 1. The zero-order valence-corrected chi connectivity index (χ0v) is 18.5. The van der Waals surface area contributed by atoms with Gasteiger partial charge in [-0.3, -0.25) is 9.59 Å². The van der Waals surface area contributed by atoms with E-state index in [0.29, 0.717) is 48.7 Å². The van der Waals surface area contributed by atoms with Gasteiger partial charge in [-0.05, 0) is 43.4 Å². The van der Waals surface area contributed by atoms with E-state index in [4.69, 9.17) is 16.3 Å². The van der Waals surface area contributed by atoms with Crippen molar-refractivity contribution in [3.63, 3.8) is 0 Å². The summed E-state index contributed by atoms with van der Waals surface area (Å²) in [5.41, 5.74) is 1.31. The molecule has 8 nitrogen and oxygen atoms in total. The van der Waals surface area contributed by atoms with Crippen molar-refractivity contribution in [2.75, 3.05) is 45.2 Å². The van der Waals surface area contributed by atoms with Crippen LogP contribution in [0.4, 0.5) is 5.69 Å². The molecule has 10 heteroatoms. The van der Waals surface area contributed by atoms with E-state index < -0.39 is 15.9 Å². The zero-order valence-electron chi connectivity index (χ0n) is 16.9. The van der Waals surface area contributed by atoms with E-state index >= 15 is 0 Å². The van der Waals surface area contributed by atoms with E-state index in [1.54, 1.807) is 24.3 Å². The maximum absolute atomic E-state index is 13.1. The van der Waals surface area contributed by atoms with E-state index in [9.17, 15) is 18.0 Å². The van der Waals surface area contributed by atoms with Gasteiger partial charge < -0.3 is 15.0 Å². The number of likely N-dealkylation sites (N-methyl/N-ethyl adjacent to an activating group) is 1. The van der Waals surface area contributed by atoms with Gasteiger partial charge in [0.2, 0.25) is 10.0 Å². The summed E-state index contributed by atoms with van der Waals surface area (Å²) < 4.78 is 32.9. The number of nitrogens with one attached hydrogen (secondary N) is 1. The number of Topliss-reactive ketones (excluding diaryl/α,β-unsaturated/α-hetero) is 1. The topological polar surface area (TPSA) is 96.0 Å². The minimum Gasteiger partial charge on any atom is -0.486 e.